The van der Waals surface area contributed by atoms with Crippen molar-refractivity contribution in [2.24, 2.45) is 0 Å². The zero-order chi connectivity index (χ0) is 24.1. The Bertz CT molecular complexity index is 529. The number of hydrogen-bond donors (Lipinski definition) is 1. The fraction of sp³-hybridized carbons (Fsp3) is 0.839. The Morgan fingerprint density at radius 1 is 0.485 bits per heavy atom. The monoisotopic (exact) mass is 458 g/mol. The van der Waals surface area contributed by atoms with E-state index in [2.05, 4.69) is 30.6 Å². The quantitative estimate of drug-likeness (QED) is 0.115. The van der Waals surface area contributed by atoms with Gasteiger partial charge in [0.25, 0.3) is 0 Å². The highest BCUT2D eigenvalue weighted by molar-refractivity contribution is 5.66. The molecule has 0 rings (SSSR count). The van der Waals surface area contributed by atoms with Gasteiger partial charge in [0.2, 0.25) is 0 Å². The number of carboxylic acids is 1. The molecule has 0 aliphatic rings. The van der Waals surface area contributed by atoms with Crippen molar-refractivity contribution in [2.75, 3.05) is 0 Å². The van der Waals surface area contributed by atoms with Crippen LogP contribution in [0.5, 0.6) is 0 Å². The molecule has 0 saturated heterocycles. The van der Waals surface area contributed by atoms with Gasteiger partial charge in [0.05, 0.1) is 0 Å². The van der Waals surface area contributed by atoms with Gasteiger partial charge in [-0.25, -0.2) is 0 Å². The van der Waals surface area contributed by atoms with Crippen molar-refractivity contribution in [3.63, 3.8) is 0 Å². The largest absolute Gasteiger partial charge is 0.481 e. The highest BCUT2D eigenvalue weighted by Gasteiger charge is 1.97. The van der Waals surface area contributed by atoms with Crippen LogP contribution in [0, 0.1) is 23.7 Å². The fourth-order valence-corrected chi connectivity index (χ4v) is 4.17. The summed E-state index contributed by atoms with van der Waals surface area (Å²) < 4.78 is 0. The maximum Gasteiger partial charge on any atom is 0.303 e. The molecule has 0 aromatic rings. The highest BCUT2D eigenvalue weighted by atomic mass is 16.4. The van der Waals surface area contributed by atoms with E-state index in [0.29, 0.717) is 6.42 Å². The van der Waals surface area contributed by atoms with E-state index < -0.39 is 5.97 Å². The summed E-state index contributed by atoms with van der Waals surface area (Å²) in [6, 6.07) is 0. The first-order valence-electron chi connectivity index (χ1n) is 14.4. The first kappa shape index (κ1) is 31.6. The summed E-state index contributed by atoms with van der Waals surface area (Å²) in [5.41, 5.74) is 0. The van der Waals surface area contributed by atoms with Crippen LogP contribution in [0.4, 0.5) is 0 Å². The van der Waals surface area contributed by atoms with Gasteiger partial charge in [-0.3, -0.25) is 4.79 Å². The Balaban J connectivity index is 3.22. The lowest BCUT2D eigenvalue weighted by atomic mass is 10.0. The Labute approximate surface area is 207 Å². The molecule has 0 fully saturated rings. The third-order valence-electron chi connectivity index (χ3n) is 6.34. The third kappa shape index (κ3) is 30.6. The molecule has 2 heteroatoms. The molecule has 2 nitrogen and oxygen atoms in total. The van der Waals surface area contributed by atoms with E-state index in [1.165, 1.54) is 128 Å². The molecule has 0 amide bonds. The lowest BCUT2D eigenvalue weighted by Gasteiger charge is -2.02. The normalized spacial score (nSPS) is 10.3. The summed E-state index contributed by atoms with van der Waals surface area (Å²) in [6.07, 6.45) is 31.1. The summed E-state index contributed by atoms with van der Waals surface area (Å²) in [5, 5.41) is 8.59. The molecule has 1 N–H and O–H groups in total. The minimum Gasteiger partial charge on any atom is -0.481 e. The third-order valence-corrected chi connectivity index (χ3v) is 6.34. The molecule has 0 atom stereocenters. The molecular formula is C31H54O2. The minimum absolute atomic E-state index is 0.324. The van der Waals surface area contributed by atoms with E-state index in [-0.39, 0.29) is 0 Å². The average molecular weight is 459 g/mol. The summed E-state index contributed by atoms with van der Waals surface area (Å²) in [5.74, 6) is 11.8. The van der Waals surface area contributed by atoms with Crippen LogP contribution >= 0.6 is 0 Å². The van der Waals surface area contributed by atoms with Gasteiger partial charge in [-0.15, -0.1) is 0 Å². The minimum atomic E-state index is -0.668. The van der Waals surface area contributed by atoms with Gasteiger partial charge in [0.15, 0.2) is 0 Å². The first-order valence-corrected chi connectivity index (χ1v) is 14.4. The fourth-order valence-electron chi connectivity index (χ4n) is 4.17. The molecule has 33 heavy (non-hydrogen) atoms. The molecule has 0 radical (unpaired) electrons. The zero-order valence-corrected chi connectivity index (χ0v) is 22.0. The SMILES string of the molecule is CCCCCCCCCCCCCCCC#CC#CCCCCCCCCCCCC(=O)O. The van der Waals surface area contributed by atoms with Crippen LogP contribution in [0.15, 0.2) is 0 Å². The first-order chi connectivity index (χ1) is 16.3. The molecular weight excluding hydrogens is 404 g/mol. The topological polar surface area (TPSA) is 37.3 Å². The van der Waals surface area contributed by atoms with Crippen molar-refractivity contribution in [1.82, 2.24) is 0 Å². The van der Waals surface area contributed by atoms with E-state index in [9.17, 15) is 4.79 Å². The second kappa shape index (κ2) is 28.6. The van der Waals surface area contributed by atoms with Gasteiger partial charge < -0.3 is 5.11 Å². The second-order valence-electron chi connectivity index (χ2n) is 9.67. The van der Waals surface area contributed by atoms with Crippen molar-refractivity contribution in [2.45, 2.75) is 167 Å². The number of carboxylic acid groups (broad SMARTS) is 1. The van der Waals surface area contributed by atoms with Gasteiger partial charge in [-0.2, -0.15) is 0 Å². The molecule has 0 aliphatic heterocycles. The average Bonchev–Trinajstić information content (AvgIpc) is 2.80. The van der Waals surface area contributed by atoms with Crippen LogP contribution in [0.25, 0.3) is 0 Å². The van der Waals surface area contributed by atoms with Crippen LogP contribution in [0.2, 0.25) is 0 Å². The van der Waals surface area contributed by atoms with E-state index in [1.807, 2.05) is 0 Å². The van der Waals surface area contributed by atoms with Gasteiger partial charge in [-0.1, -0.05) is 141 Å². The molecule has 190 valence electrons. The summed E-state index contributed by atoms with van der Waals surface area (Å²) in [7, 11) is 0. The van der Waals surface area contributed by atoms with Gasteiger partial charge >= 0.3 is 5.97 Å². The van der Waals surface area contributed by atoms with E-state index in [1.54, 1.807) is 0 Å². The van der Waals surface area contributed by atoms with E-state index in [0.717, 1.165) is 25.7 Å². The van der Waals surface area contributed by atoms with E-state index in [4.69, 9.17) is 5.11 Å². The standard InChI is InChI=1S/C31H54O2/c1-2-3-4-5-6-7-8-9-10-11-12-13-14-15-16-17-18-19-20-21-22-23-24-25-26-27-28-29-30-31(32)33/h2-15,20-30H2,1H3,(H,32,33). The summed E-state index contributed by atoms with van der Waals surface area (Å²) in [6.45, 7) is 2.28. The maximum atomic E-state index is 10.4. The summed E-state index contributed by atoms with van der Waals surface area (Å²) in [4.78, 5) is 10.4. The molecule has 0 spiro atoms. The van der Waals surface area contributed by atoms with Crippen LogP contribution in [-0.2, 0) is 4.79 Å². The van der Waals surface area contributed by atoms with Crippen molar-refractivity contribution in [1.29, 1.82) is 0 Å². The van der Waals surface area contributed by atoms with Gasteiger partial charge in [0, 0.05) is 19.3 Å². The molecule has 0 aromatic carbocycles. The number of unbranched alkanes of at least 4 members (excludes halogenated alkanes) is 22. The predicted molar refractivity (Wildman–Crippen MR) is 144 cm³/mol. The lowest BCUT2D eigenvalue weighted by molar-refractivity contribution is -0.137. The molecule has 0 heterocycles. The Hall–Kier alpha value is -1.41. The number of rotatable bonds is 24. The number of aliphatic carboxylic acids is 1. The molecule has 0 saturated carbocycles. The smallest absolute Gasteiger partial charge is 0.303 e. The van der Waals surface area contributed by atoms with Gasteiger partial charge in [0.1, 0.15) is 0 Å². The maximum absolute atomic E-state index is 10.4. The second-order valence-corrected chi connectivity index (χ2v) is 9.67. The summed E-state index contributed by atoms with van der Waals surface area (Å²) >= 11 is 0. The van der Waals surface area contributed by atoms with Gasteiger partial charge in [-0.05, 0) is 31.1 Å². The van der Waals surface area contributed by atoms with Crippen molar-refractivity contribution in [3.05, 3.63) is 0 Å². The molecule has 0 aromatic heterocycles. The van der Waals surface area contributed by atoms with Crippen molar-refractivity contribution < 1.29 is 9.90 Å². The van der Waals surface area contributed by atoms with Crippen LogP contribution < -0.4 is 0 Å². The van der Waals surface area contributed by atoms with Crippen molar-refractivity contribution >= 4 is 5.97 Å². The van der Waals surface area contributed by atoms with Crippen molar-refractivity contribution in [3.8, 4) is 23.7 Å². The zero-order valence-electron chi connectivity index (χ0n) is 22.0. The Kier molecular flexibility index (Phi) is 27.4. The molecule has 0 bridgehead atoms. The molecule has 0 aliphatic carbocycles. The molecule has 0 unspecified atom stereocenters. The lowest BCUT2D eigenvalue weighted by Crippen LogP contribution is -1.93. The Morgan fingerprint density at radius 2 is 0.788 bits per heavy atom. The highest BCUT2D eigenvalue weighted by Crippen LogP contribution is 2.13. The van der Waals surface area contributed by atoms with Crippen LogP contribution in [-0.4, -0.2) is 11.1 Å². The van der Waals surface area contributed by atoms with E-state index >= 15 is 0 Å². The number of carbonyl (C=O) groups is 1. The predicted octanol–water partition coefficient (Wildman–Crippen LogP) is 9.85. The number of hydrogen-bond acceptors (Lipinski definition) is 1. The Morgan fingerprint density at radius 3 is 1.12 bits per heavy atom. The van der Waals surface area contributed by atoms with Crippen LogP contribution in [0.3, 0.4) is 0 Å². The van der Waals surface area contributed by atoms with Crippen LogP contribution in [0.1, 0.15) is 167 Å².